The lowest BCUT2D eigenvalue weighted by Gasteiger charge is -2.18. The lowest BCUT2D eigenvalue weighted by molar-refractivity contribution is -0.137. The highest BCUT2D eigenvalue weighted by atomic mass is 19.4. The molecule has 0 amide bonds. The topological polar surface area (TPSA) is 25.2 Å². The summed E-state index contributed by atoms with van der Waals surface area (Å²) in [6.07, 6.45) is -1.21. The maximum absolute atomic E-state index is 13.8. The second-order valence-electron chi connectivity index (χ2n) is 4.41. The molecule has 2 nitrogen and oxygen atoms in total. The number of halogens is 4. The Labute approximate surface area is 113 Å². The smallest absolute Gasteiger partial charge is 0.416 e. The van der Waals surface area contributed by atoms with E-state index in [1.165, 1.54) is 12.5 Å². The maximum atomic E-state index is 13.8. The molecule has 2 rings (SSSR count). The van der Waals surface area contributed by atoms with Crippen LogP contribution in [0.5, 0.6) is 0 Å². The van der Waals surface area contributed by atoms with Gasteiger partial charge >= 0.3 is 6.18 Å². The van der Waals surface area contributed by atoms with Crippen LogP contribution in [0.3, 0.4) is 0 Å². The van der Waals surface area contributed by atoms with E-state index in [1.807, 2.05) is 0 Å². The number of likely N-dealkylation sites (N-methyl/N-ethyl adjacent to an activating group) is 1. The van der Waals surface area contributed by atoms with Crippen LogP contribution in [0, 0.1) is 5.82 Å². The van der Waals surface area contributed by atoms with Gasteiger partial charge in [-0.3, -0.25) is 0 Å². The van der Waals surface area contributed by atoms with Crippen LogP contribution < -0.4 is 5.32 Å². The zero-order valence-electron chi connectivity index (χ0n) is 10.7. The highest BCUT2D eigenvalue weighted by Gasteiger charge is 2.32. The Bertz CT molecular complexity index is 563. The van der Waals surface area contributed by atoms with Gasteiger partial charge in [0, 0.05) is 11.6 Å². The second-order valence-corrected chi connectivity index (χ2v) is 4.41. The summed E-state index contributed by atoms with van der Waals surface area (Å²) in [5.41, 5.74) is -0.0916. The highest BCUT2D eigenvalue weighted by molar-refractivity contribution is 5.30. The Morgan fingerprint density at radius 2 is 2.00 bits per heavy atom. The van der Waals surface area contributed by atoms with E-state index in [2.05, 4.69) is 5.32 Å². The average Bonchev–Trinajstić information content (AvgIpc) is 2.88. The predicted octanol–water partition coefficient (Wildman–Crippen LogP) is 3.94. The first-order chi connectivity index (χ1) is 9.41. The second kappa shape index (κ2) is 5.66. The molecule has 1 aromatic carbocycles. The van der Waals surface area contributed by atoms with Crippen LogP contribution in [-0.2, 0) is 12.6 Å². The highest BCUT2D eigenvalue weighted by Crippen LogP contribution is 2.32. The largest absolute Gasteiger partial charge is 0.472 e. The summed E-state index contributed by atoms with van der Waals surface area (Å²) in [5, 5.41) is 2.83. The number of hydrogen-bond donors (Lipinski definition) is 1. The molecule has 2 aromatic rings. The SMILES string of the molecule is CNC(Cc1ccoc1)c1cc(C(F)(F)F)ccc1F. The molecule has 0 aliphatic heterocycles. The van der Waals surface area contributed by atoms with Crippen molar-refractivity contribution in [2.24, 2.45) is 0 Å². The normalized spacial score (nSPS) is 13.4. The standard InChI is InChI=1S/C14H13F4NO/c1-19-13(6-9-4-5-20-8-9)11-7-10(14(16,17)18)2-3-12(11)15/h2-5,7-8,13,19H,6H2,1H3. The lowest BCUT2D eigenvalue weighted by atomic mass is 9.98. The molecule has 0 saturated heterocycles. The van der Waals surface area contributed by atoms with Crippen molar-refractivity contribution in [2.45, 2.75) is 18.6 Å². The molecule has 0 bridgehead atoms. The van der Waals surface area contributed by atoms with Gasteiger partial charge in [-0.15, -0.1) is 0 Å². The Morgan fingerprint density at radius 3 is 2.55 bits per heavy atom. The van der Waals surface area contributed by atoms with Crippen LogP contribution >= 0.6 is 0 Å². The van der Waals surface area contributed by atoms with Crippen molar-refractivity contribution < 1.29 is 22.0 Å². The third-order valence-electron chi connectivity index (χ3n) is 3.07. The molecule has 1 atom stereocenters. The number of alkyl halides is 3. The van der Waals surface area contributed by atoms with Crippen LogP contribution in [0.1, 0.15) is 22.7 Å². The van der Waals surface area contributed by atoms with E-state index in [1.54, 1.807) is 13.1 Å². The first kappa shape index (κ1) is 14.6. The van der Waals surface area contributed by atoms with Crippen molar-refractivity contribution >= 4 is 0 Å². The summed E-state index contributed by atoms with van der Waals surface area (Å²) in [4.78, 5) is 0. The minimum Gasteiger partial charge on any atom is -0.472 e. The molecule has 1 aromatic heterocycles. The molecule has 0 spiro atoms. The molecule has 20 heavy (non-hydrogen) atoms. The van der Waals surface area contributed by atoms with E-state index >= 15 is 0 Å². The summed E-state index contributed by atoms with van der Waals surface area (Å²) < 4.78 is 56.8. The fraction of sp³-hybridized carbons (Fsp3) is 0.286. The Morgan fingerprint density at radius 1 is 1.25 bits per heavy atom. The molecular weight excluding hydrogens is 274 g/mol. The fourth-order valence-electron chi connectivity index (χ4n) is 2.00. The summed E-state index contributed by atoms with van der Waals surface area (Å²) in [7, 11) is 1.57. The Hall–Kier alpha value is -1.82. The van der Waals surface area contributed by atoms with Gasteiger partial charge in [0.1, 0.15) is 5.82 Å². The molecule has 0 aliphatic rings. The molecule has 0 saturated carbocycles. The summed E-state index contributed by atoms with van der Waals surface area (Å²) >= 11 is 0. The number of benzene rings is 1. The molecule has 1 N–H and O–H groups in total. The van der Waals surface area contributed by atoms with E-state index in [-0.39, 0.29) is 5.56 Å². The van der Waals surface area contributed by atoms with Crippen LogP contribution in [0.25, 0.3) is 0 Å². The van der Waals surface area contributed by atoms with Crippen molar-refractivity contribution in [2.75, 3.05) is 7.05 Å². The minimum absolute atomic E-state index is 0.0106. The lowest BCUT2D eigenvalue weighted by Crippen LogP contribution is -2.21. The first-order valence-corrected chi connectivity index (χ1v) is 5.97. The first-order valence-electron chi connectivity index (χ1n) is 5.97. The number of hydrogen-bond acceptors (Lipinski definition) is 2. The van der Waals surface area contributed by atoms with Crippen molar-refractivity contribution in [3.8, 4) is 0 Å². The number of furan rings is 1. The van der Waals surface area contributed by atoms with E-state index in [4.69, 9.17) is 4.42 Å². The van der Waals surface area contributed by atoms with E-state index < -0.39 is 23.6 Å². The van der Waals surface area contributed by atoms with Crippen LogP contribution in [0.15, 0.2) is 41.2 Å². The van der Waals surface area contributed by atoms with Crippen molar-refractivity contribution in [3.05, 3.63) is 59.3 Å². The Kier molecular flexibility index (Phi) is 4.13. The van der Waals surface area contributed by atoms with E-state index in [0.717, 1.165) is 23.8 Å². The molecule has 0 aliphatic carbocycles. The van der Waals surface area contributed by atoms with Gasteiger partial charge in [0.25, 0.3) is 0 Å². The van der Waals surface area contributed by atoms with Gasteiger partial charge in [-0.2, -0.15) is 13.2 Å². The van der Waals surface area contributed by atoms with E-state index in [0.29, 0.717) is 6.42 Å². The van der Waals surface area contributed by atoms with Crippen molar-refractivity contribution in [1.82, 2.24) is 5.32 Å². The minimum atomic E-state index is -4.49. The molecule has 1 heterocycles. The predicted molar refractivity (Wildman–Crippen MR) is 65.6 cm³/mol. The van der Waals surface area contributed by atoms with Gasteiger partial charge in [0.15, 0.2) is 0 Å². The molecule has 6 heteroatoms. The fourth-order valence-corrected chi connectivity index (χ4v) is 2.00. The number of rotatable bonds is 4. The van der Waals surface area contributed by atoms with Gasteiger partial charge in [0.05, 0.1) is 18.1 Å². The monoisotopic (exact) mass is 287 g/mol. The van der Waals surface area contributed by atoms with Gasteiger partial charge < -0.3 is 9.73 Å². The number of nitrogens with one attached hydrogen (secondary N) is 1. The third kappa shape index (κ3) is 3.19. The van der Waals surface area contributed by atoms with Gasteiger partial charge in [0.2, 0.25) is 0 Å². The van der Waals surface area contributed by atoms with Crippen LogP contribution in [0.2, 0.25) is 0 Å². The van der Waals surface area contributed by atoms with Crippen molar-refractivity contribution in [3.63, 3.8) is 0 Å². The molecule has 0 radical (unpaired) electrons. The summed E-state index contributed by atoms with van der Waals surface area (Å²) in [6.45, 7) is 0. The van der Waals surface area contributed by atoms with Crippen LogP contribution in [-0.4, -0.2) is 7.05 Å². The van der Waals surface area contributed by atoms with Crippen LogP contribution in [0.4, 0.5) is 17.6 Å². The molecule has 1 unspecified atom stereocenters. The zero-order valence-corrected chi connectivity index (χ0v) is 10.7. The molecule has 0 fully saturated rings. The third-order valence-corrected chi connectivity index (χ3v) is 3.07. The average molecular weight is 287 g/mol. The molecular formula is C14H13F4NO. The van der Waals surface area contributed by atoms with Gasteiger partial charge in [-0.25, -0.2) is 4.39 Å². The quantitative estimate of drug-likeness (QED) is 0.862. The summed E-state index contributed by atoms with van der Waals surface area (Å²) in [5.74, 6) is -0.666. The van der Waals surface area contributed by atoms with Gasteiger partial charge in [-0.05, 0) is 43.3 Å². The van der Waals surface area contributed by atoms with E-state index in [9.17, 15) is 17.6 Å². The molecule has 108 valence electrons. The summed E-state index contributed by atoms with van der Waals surface area (Å²) in [6, 6.07) is 3.56. The zero-order chi connectivity index (χ0) is 14.8. The van der Waals surface area contributed by atoms with Crippen molar-refractivity contribution in [1.29, 1.82) is 0 Å². The Balaban J connectivity index is 2.33. The van der Waals surface area contributed by atoms with Gasteiger partial charge in [-0.1, -0.05) is 0 Å². The maximum Gasteiger partial charge on any atom is 0.416 e.